The molecule has 0 saturated heterocycles. The van der Waals surface area contributed by atoms with E-state index in [1.807, 2.05) is 25.1 Å². The Morgan fingerprint density at radius 1 is 1.15 bits per heavy atom. The summed E-state index contributed by atoms with van der Waals surface area (Å²) >= 11 is 0. The second-order valence-electron chi connectivity index (χ2n) is 4.16. The van der Waals surface area contributed by atoms with Crippen LogP contribution >= 0.6 is 0 Å². The van der Waals surface area contributed by atoms with Gasteiger partial charge in [-0.15, -0.1) is 10.2 Å². The van der Waals surface area contributed by atoms with E-state index < -0.39 is 5.91 Å². The molecule has 0 atom stereocenters. The summed E-state index contributed by atoms with van der Waals surface area (Å²) in [4.78, 5) is 20.0. The highest BCUT2D eigenvalue weighted by Gasteiger charge is 2.28. The maximum absolute atomic E-state index is 11.8. The number of hydrogen-bond donors (Lipinski definition) is 0. The van der Waals surface area contributed by atoms with Crippen LogP contribution in [0.3, 0.4) is 0 Å². The smallest absolute Gasteiger partial charge is 0.303 e. The van der Waals surface area contributed by atoms with Gasteiger partial charge in [-0.05, 0) is 23.8 Å². The van der Waals surface area contributed by atoms with Crippen molar-refractivity contribution < 1.29 is 9.53 Å². The number of fused-ring (bicyclic) bond motifs is 1. The van der Waals surface area contributed by atoms with Gasteiger partial charge >= 0.3 is 5.91 Å². The zero-order chi connectivity index (χ0) is 13.9. The van der Waals surface area contributed by atoms with Gasteiger partial charge in [0.25, 0.3) is 0 Å². The standard InChI is InChI=1S/C13H11N5O2/c1-2-7-20-9-6-4-3-5-8(9)11-14-12-10(13(19)15-11)16-18-17-12/h3-6H,2,7H2,1H3. The van der Waals surface area contributed by atoms with E-state index in [-0.39, 0.29) is 17.4 Å². The Morgan fingerprint density at radius 2 is 2.00 bits per heavy atom. The summed E-state index contributed by atoms with van der Waals surface area (Å²) in [7, 11) is 0. The van der Waals surface area contributed by atoms with Crippen molar-refractivity contribution in [2.45, 2.75) is 13.3 Å². The summed E-state index contributed by atoms with van der Waals surface area (Å²) in [5.74, 6) is 0.627. The van der Waals surface area contributed by atoms with Crippen LogP contribution < -0.4 is 4.74 Å². The van der Waals surface area contributed by atoms with Gasteiger partial charge in [-0.3, -0.25) is 4.79 Å². The van der Waals surface area contributed by atoms with Crippen molar-refractivity contribution in [3.8, 4) is 5.75 Å². The van der Waals surface area contributed by atoms with Gasteiger partial charge in [0.05, 0.1) is 12.2 Å². The van der Waals surface area contributed by atoms with E-state index in [9.17, 15) is 4.79 Å². The number of nitrogens with zero attached hydrogens (tertiary/aromatic N) is 5. The van der Waals surface area contributed by atoms with Crippen molar-refractivity contribution in [3.63, 3.8) is 0 Å². The molecule has 0 saturated carbocycles. The quantitative estimate of drug-likeness (QED) is 0.836. The number of hydrogen-bond acceptors (Lipinski definition) is 6. The van der Waals surface area contributed by atoms with E-state index in [2.05, 4.69) is 25.4 Å². The van der Waals surface area contributed by atoms with E-state index in [1.54, 1.807) is 6.07 Å². The molecule has 0 unspecified atom stereocenters. The Kier molecular flexibility index (Phi) is 3.16. The maximum atomic E-state index is 11.8. The van der Waals surface area contributed by atoms with Gasteiger partial charge in [0.1, 0.15) is 5.75 Å². The summed E-state index contributed by atoms with van der Waals surface area (Å²) in [5.41, 5.74) is 0.739. The molecule has 0 N–H and O–H groups in total. The van der Waals surface area contributed by atoms with Crippen LogP contribution in [0.25, 0.3) is 0 Å². The predicted octanol–water partition coefficient (Wildman–Crippen LogP) is 1.98. The van der Waals surface area contributed by atoms with Gasteiger partial charge in [0, 0.05) is 0 Å². The molecule has 0 aliphatic carbocycles. The van der Waals surface area contributed by atoms with E-state index in [0.29, 0.717) is 17.9 Å². The molecule has 0 fully saturated rings. The molecule has 0 bridgehead atoms. The molecule has 100 valence electrons. The molecule has 7 heteroatoms. The summed E-state index contributed by atoms with van der Waals surface area (Å²) in [6, 6.07) is 7.31. The van der Waals surface area contributed by atoms with Crippen LogP contribution in [-0.4, -0.2) is 29.9 Å². The highest BCUT2D eigenvalue weighted by Crippen LogP contribution is 2.22. The molecular weight excluding hydrogens is 258 g/mol. The first-order chi connectivity index (χ1) is 9.79. The second kappa shape index (κ2) is 5.12. The topological polar surface area (TPSA) is 88.1 Å². The Balaban J connectivity index is 2.00. The van der Waals surface area contributed by atoms with Crippen LogP contribution in [0, 0.1) is 0 Å². The van der Waals surface area contributed by atoms with Gasteiger partial charge in [0.2, 0.25) is 11.5 Å². The molecule has 20 heavy (non-hydrogen) atoms. The molecular formula is C13H11N5O2. The first kappa shape index (κ1) is 12.3. The summed E-state index contributed by atoms with van der Waals surface area (Å²) in [6.45, 7) is 2.60. The molecule has 0 aromatic heterocycles. The molecule has 2 heterocycles. The zero-order valence-electron chi connectivity index (χ0n) is 10.8. The van der Waals surface area contributed by atoms with Crippen LogP contribution in [0.4, 0.5) is 0 Å². The van der Waals surface area contributed by atoms with Crippen molar-refractivity contribution in [1.82, 2.24) is 0 Å². The fourth-order valence-corrected chi connectivity index (χ4v) is 1.80. The third-order valence-corrected chi connectivity index (χ3v) is 2.71. The van der Waals surface area contributed by atoms with Crippen LogP contribution in [0.15, 0.2) is 49.7 Å². The molecule has 7 nitrogen and oxygen atoms in total. The average Bonchev–Trinajstić information content (AvgIpc) is 2.94. The van der Waals surface area contributed by atoms with E-state index in [0.717, 1.165) is 6.42 Å². The lowest BCUT2D eigenvalue weighted by molar-refractivity contribution is -0.111. The summed E-state index contributed by atoms with van der Waals surface area (Å²) in [5, 5.41) is 10.7. The Morgan fingerprint density at radius 3 is 2.85 bits per heavy atom. The molecule has 1 aromatic rings. The van der Waals surface area contributed by atoms with Crippen molar-refractivity contribution in [2.75, 3.05) is 6.61 Å². The lowest BCUT2D eigenvalue weighted by atomic mass is 10.1. The zero-order valence-corrected chi connectivity index (χ0v) is 10.8. The van der Waals surface area contributed by atoms with Crippen molar-refractivity contribution >= 4 is 23.3 Å². The van der Waals surface area contributed by atoms with Gasteiger partial charge in [-0.25, -0.2) is 4.99 Å². The summed E-state index contributed by atoms with van der Waals surface area (Å²) < 4.78 is 5.64. The number of aliphatic imine (C=N–C) groups is 2. The highest BCUT2D eigenvalue weighted by molar-refractivity contribution is 6.69. The number of amides is 1. The first-order valence-corrected chi connectivity index (χ1v) is 6.22. The molecule has 1 aromatic carbocycles. The van der Waals surface area contributed by atoms with Crippen LogP contribution in [0.5, 0.6) is 5.75 Å². The maximum Gasteiger partial charge on any atom is 0.303 e. The monoisotopic (exact) mass is 269 g/mol. The fraction of sp³-hybridized carbons (Fsp3) is 0.231. The summed E-state index contributed by atoms with van der Waals surface area (Å²) in [6.07, 6.45) is 0.888. The normalized spacial score (nSPS) is 16.4. The minimum absolute atomic E-state index is 0.0840. The largest absolute Gasteiger partial charge is 0.493 e. The number of carbonyl (C=O) groups is 1. The number of rotatable bonds is 4. The van der Waals surface area contributed by atoms with Gasteiger partial charge in [-0.2, -0.15) is 4.99 Å². The molecule has 0 spiro atoms. The molecule has 0 radical (unpaired) electrons. The average molecular weight is 269 g/mol. The van der Waals surface area contributed by atoms with Crippen molar-refractivity contribution in [2.24, 2.45) is 25.4 Å². The minimum Gasteiger partial charge on any atom is -0.493 e. The number of ether oxygens (including phenoxy) is 1. The molecule has 2 aliphatic rings. The number of carbonyl (C=O) groups excluding carboxylic acids is 1. The van der Waals surface area contributed by atoms with Crippen LogP contribution in [0.2, 0.25) is 0 Å². The lowest BCUT2D eigenvalue weighted by Crippen LogP contribution is -2.26. The van der Waals surface area contributed by atoms with E-state index in [1.165, 1.54) is 0 Å². The van der Waals surface area contributed by atoms with Crippen molar-refractivity contribution in [3.05, 3.63) is 29.8 Å². The molecule has 1 amide bonds. The van der Waals surface area contributed by atoms with E-state index >= 15 is 0 Å². The van der Waals surface area contributed by atoms with Gasteiger partial charge < -0.3 is 4.74 Å². The van der Waals surface area contributed by atoms with Gasteiger partial charge in [-0.1, -0.05) is 19.1 Å². The van der Waals surface area contributed by atoms with Crippen LogP contribution in [0.1, 0.15) is 18.9 Å². The number of amidine groups is 2. The number of para-hydroxylation sites is 1. The lowest BCUT2D eigenvalue weighted by Gasteiger charge is -2.12. The fourth-order valence-electron chi connectivity index (χ4n) is 1.80. The van der Waals surface area contributed by atoms with Crippen LogP contribution in [-0.2, 0) is 4.79 Å². The Labute approximate surface area is 114 Å². The first-order valence-electron chi connectivity index (χ1n) is 6.22. The number of benzene rings is 1. The van der Waals surface area contributed by atoms with Crippen molar-refractivity contribution in [1.29, 1.82) is 0 Å². The Hall–Kier alpha value is -2.70. The molecule has 2 aliphatic heterocycles. The SMILES string of the molecule is CCCOc1ccccc1C1=NC(=O)C2=NN=NC2=N1. The van der Waals surface area contributed by atoms with E-state index in [4.69, 9.17) is 4.74 Å². The highest BCUT2D eigenvalue weighted by atomic mass is 16.5. The minimum atomic E-state index is -0.486. The second-order valence-corrected chi connectivity index (χ2v) is 4.16. The Bertz CT molecular complexity index is 688. The third-order valence-electron chi connectivity index (χ3n) is 2.71. The predicted molar refractivity (Wildman–Crippen MR) is 73.5 cm³/mol. The van der Waals surface area contributed by atoms with Gasteiger partial charge in [0.15, 0.2) is 5.84 Å². The molecule has 3 rings (SSSR count). The third kappa shape index (κ3) is 2.13.